The molecule has 0 bridgehead atoms. The minimum Gasteiger partial charge on any atom is -0.495 e. The average Bonchev–Trinajstić information content (AvgIpc) is 3.00. The molecule has 112 valence electrons. The molecule has 1 aromatic heterocycles. The second kappa shape index (κ2) is 5.95. The summed E-state index contributed by atoms with van der Waals surface area (Å²) in [4.78, 5) is 1.36. The lowest BCUT2D eigenvalue weighted by molar-refractivity contribution is 0.395. The number of rotatable bonds is 4. The van der Waals surface area contributed by atoms with E-state index in [-0.39, 0.29) is 6.04 Å². The van der Waals surface area contributed by atoms with E-state index >= 15 is 0 Å². The summed E-state index contributed by atoms with van der Waals surface area (Å²) in [6.45, 7) is 0. The van der Waals surface area contributed by atoms with Gasteiger partial charge in [-0.3, -0.25) is 0 Å². The third kappa shape index (κ3) is 2.80. The molecule has 1 aromatic carbocycles. The molecular formula is C15H15Cl2NO2S. The summed E-state index contributed by atoms with van der Waals surface area (Å²) in [6.07, 6.45) is 2.10. The lowest BCUT2D eigenvalue weighted by Gasteiger charge is -2.18. The molecule has 0 amide bonds. The van der Waals surface area contributed by atoms with Crippen LogP contribution in [0.5, 0.6) is 11.5 Å². The van der Waals surface area contributed by atoms with Gasteiger partial charge in [-0.1, -0.05) is 23.2 Å². The number of halogens is 2. The number of benzene rings is 1. The smallest absolute Gasteiger partial charge is 0.145 e. The molecule has 1 unspecified atom stereocenters. The Labute approximate surface area is 137 Å². The number of anilines is 1. The number of hydrogen-bond donors (Lipinski definition) is 1. The summed E-state index contributed by atoms with van der Waals surface area (Å²) >= 11 is 14.0. The first kappa shape index (κ1) is 14.8. The summed E-state index contributed by atoms with van der Waals surface area (Å²) in [5.74, 6) is 1.32. The quantitative estimate of drug-likeness (QED) is 0.830. The number of nitrogens with one attached hydrogen (secondary N) is 1. The number of fused-ring (bicyclic) bond motifs is 1. The van der Waals surface area contributed by atoms with Crippen molar-refractivity contribution >= 4 is 40.2 Å². The van der Waals surface area contributed by atoms with E-state index in [1.807, 2.05) is 12.1 Å². The highest BCUT2D eigenvalue weighted by atomic mass is 35.5. The molecule has 3 nitrogen and oxygen atoms in total. The number of thiophene rings is 1. The van der Waals surface area contributed by atoms with E-state index in [4.69, 9.17) is 32.7 Å². The zero-order chi connectivity index (χ0) is 15.0. The van der Waals surface area contributed by atoms with Crippen LogP contribution in [-0.2, 0) is 6.42 Å². The Morgan fingerprint density at radius 1 is 1.14 bits per heavy atom. The molecule has 1 aliphatic rings. The fourth-order valence-corrected chi connectivity index (χ4v) is 4.24. The van der Waals surface area contributed by atoms with Crippen molar-refractivity contribution < 1.29 is 9.47 Å². The van der Waals surface area contributed by atoms with E-state index in [1.165, 1.54) is 10.4 Å². The van der Waals surface area contributed by atoms with E-state index in [2.05, 4.69) is 5.32 Å². The molecule has 1 heterocycles. The van der Waals surface area contributed by atoms with Crippen LogP contribution in [0.2, 0.25) is 9.36 Å². The van der Waals surface area contributed by atoms with E-state index in [0.717, 1.165) is 22.9 Å². The Bertz CT molecular complexity index is 672. The number of hydrogen-bond acceptors (Lipinski definition) is 4. The van der Waals surface area contributed by atoms with Crippen molar-refractivity contribution in [2.45, 2.75) is 18.9 Å². The first-order valence-corrected chi connectivity index (χ1v) is 8.15. The van der Waals surface area contributed by atoms with Gasteiger partial charge < -0.3 is 14.8 Å². The second-order valence-corrected chi connectivity index (χ2v) is 7.03. The number of aryl methyl sites for hydroxylation is 1. The Hall–Kier alpha value is -1.10. The van der Waals surface area contributed by atoms with Crippen molar-refractivity contribution in [3.8, 4) is 11.5 Å². The molecule has 0 aliphatic heterocycles. The van der Waals surface area contributed by atoms with Crippen molar-refractivity contribution in [3.63, 3.8) is 0 Å². The molecule has 0 radical (unpaired) electrons. The third-order valence-corrected chi connectivity index (χ3v) is 5.29. The van der Waals surface area contributed by atoms with E-state index in [0.29, 0.717) is 16.5 Å². The summed E-state index contributed by atoms with van der Waals surface area (Å²) in [5, 5.41) is 4.06. The van der Waals surface area contributed by atoms with Crippen molar-refractivity contribution in [1.82, 2.24) is 0 Å². The van der Waals surface area contributed by atoms with Gasteiger partial charge in [0.05, 0.1) is 35.3 Å². The SMILES string of the molecule is COc1cc(OC)c(NC2CCc3sc(Cl)cc32)cc1Cl. The molecule has 0 saturated heterocycles. The normalized spacial score (nSPS) is 16.7. The van der Waals surface area contributed by atoms with Crippen molar-refractivity contribution in [1.29, 1.82) is 0 Å². The van der Waals surface area contributed by atoms with Gasteiger partial charge in [0.1, 0.15) is 11.5 Å². The van der Waals surface area contributed by atoms with Crippen molar-refractivity contribution in [2.75, 3.05) is 19.5 Å². The summed E-state index contributed by atoms with van der Waals surface area (Å²) < 4.78 is 11.5. The molecule has 1 atom stereocenters. The molecule has 6 heteroatoms. The predicted octanol–water partition coefficient (Wildman–Crippen LogP) is 5.17. The van der Waals surface area contributed by atoms with Crippen LogP contribution in [0.4, 0.5) is 5.69 Å². The summed E-state index contributed by atoms with van der Waals surface area (Å²) in [5.41, 5.74) is 2.14. The van der Waals surface area contributed by atoms with Crippen LogP contribution < -0.4 is 14.8 Å². The fourth-order valence-electron chi connectivity index (χ4n) is 2.64. The highest BCUT2D eigenvalue weighted by molar-refractivity contribution is 7.16. The topological polar surface area (TPSA) is 30.5 Å². The van der Waals surface area contributed by atoms with Crippen LogP contribution in [0, 0.1) is 0 Å². The van der Waals surface area contributed by atoms with Gasteiger partial charge >= 0.3 is 0 Å². The van der Waals surface area contributed by atoms with Gasteiger partial charge in [-0.25, -0.2) is 0 Å². The molecular weight excluding hydrogens is 329 g/mol. The van der Waals surface area contributed by atoms with Crippen LogP contribution in [0.15, 0.2) is 18.2 Å². The molecule has 0 spiro atoms. The fraction of sp³-hybridized carbons (Fsp3) is 0.333. The maximum atomic E-state index is 6.21. The van der Waals surface area contributed by atoms with Gasteiger partial charge in [-0.05, 0) is 30.5 Å². The van der Waals surface area contributed by atoms with Gasteiger partial charge in [-0.2, -0.15) is 0 Å². The number of methoxy groups -OCH3 is 2. The van der Waals surface area contributed by atoms with Gasteiger partial charge in [0.25, 0.3) is 0 Å². The minimum absolute atomic E-state index is 0.238. The Kier molecular flexibility index (Phi) is 4.20. The van der Waals surface area contributed by atoms with Crippen LogP contribution in [0.1, 0.15) is 22.9 Å². The van der Waals surface area contributed by atoms with Gasteiger partial charge in [0.2, 0.25) is 0 Å². The third-order valence-electron chi connectivity index (χ3n) is 3.65. The molecule has 0 saturated carbocycles. The van der Waals surface area contributed by atoms with Gasteiger partial charge in [0, 0.05) is 10.9 Å². The van der Waals surface area contributed by atoms with E-state index in [1.54, 1.807) is 31.6 Å². The largest absolute Gasteiger partial charge is 0.495 e. The lowest BCUT2D eigenvalue weighted by Crippen LogP contribution is -2.08. The Balaban J connectivity index is 1.90. The van der Waals surface area contributed by atoms with Crippen LogP contribution in [0.3, 0.4) is 0 Å². The van der Waals surface area contributed by atoms with Crippen LogP contribution in [-0.4, -0.2) is 14.2 Å². The van der Waals surface area contributed by atoms with Crippen LogP contribution >= 0.6 is 34.5 Å². The maximum absolute atomic E-state index is 6.21. The van der Waals surface area contributed by atoms with Crippen molar-refractivity contribution in [2.24, 2.45) is 0 Å². The van der Waals surface area contributed by atoms with E-state index in [9.17, 15) is 0 Å². The highest BCUT2D eigenvalue weighted by Gasteiger charge is 2.26. The number of ether oxygens (including phenoxy) is 2. The molecule has 0 fully saturated rings. The maximum Gasteiger partial charge on any atom is 0.145 e. The zero-order valence-electron chi connectivity index (χ0n) is 11.7. The molecule has 21 heavy (non-hydrogen) atoms. The minimum atomic E-state index is 0.238. The Morgan fingerprint density at radius 3 is 2.62 bits per heavy atom. The zero-order valence-corrected chi connectivity index (χ0v) is 14.0. The monoisotopic (exact) mass is 343 g/mol. The second-order valence-electron chi connectivity index (χ2n) is 4.85. The van der Waals surface area contributed by atoms with E-state index < -0.39 is 0 Å². The highest BCUT2D eigenvalue weighted by Crippen LogP contribution is 2.43. The molecule has 2 aromatic rings. The molecule has 1 N–H and O–H groups in total. The van der Waals surface area contributed by atoms with Crippen LogP contribution in [0.25, 0.3) is 0 Å². The summed E-state index contributed by atoms with van der Waals surface area (Å²) in [7, 11) is 3.22. The summed E-state index contributed by atoms with van der Waals surface area (Å²) in [6, 6.07) is 5.91. The first-order chi connectivity index (χ1) is 10.1. The van der Waals surface area contributed by atoms with Gasteiger partial charge in [-0.15, -0.1) is 11.3 Å². The predicted molar refractivity (Wildman–Crippen MR) is 88.6 cm³/mol. The average molecular weight is 344 g/mol. The molecule has 1 aliphatic carbocycles. The molecule has 3 rings (SSSR count). The lowest BCUT2D eigenvalue weighted by atomic mass is 10.1. The standard InChI is InChI=1S/C15H15Cl2NO2S/c1-19-12-7-13(20-2)11(6-9(12)16)18-10-3-4-14-8(10)5-15(17)21-14/h5-7,10,18H,3-4H2,1-2H3. The van der Waals surface area contributed by atoms with Crippen molar-refractivity contribution in [3.05, 3.63) is 38.0 Å². The Morgan fingerprint density at radius 2 is 1.90 bits per heavy atom. The van der Waals surface area contributed by atoms with Gasteiger partial charge in [0.15, 0.2) is 0 Å². The first-order valence-electron chi connectivity index (χ1n) is 6.58.